The van der Waals surface area contributed by atoms with Gasteiger partial charge in [-0.15, -0.1) is 11.6 Å². The van der Waals surface area contributed by atoms with Gasteiger partial charge in [0.1, 0.15) is 0 Å². The van der Waals surface area contributed by atoms with Crippen molar-refractivity contribution < 1.29 is 8.42 Å². The van der Waals surface area contributed by atoms with Gasteiger partial charge in [0.05, 0.1) is 0 Å². The number of nitrogens with zero attached hydrogens (tertiary/aromatic N) is 1. The minimum atomic E-state index is -3.35. The maximum absolute atomic E-state index is 12.1. The van der Waals surface area contributed by atoms with E-state index in [1.165, 1.54) is 4.31 Å². The van der Waals surface area contributed by atoms with Crippen LogP contribution >= 0.6 is 11.6 Å². The van der Waals surface area contributed by atoms with Crippen molar-refractivity contribution in [1.29, 1.82) is 0 Å². The van der Waals surface area contributed by atoms with E-state index in [1.54, 1.807) is 0 Å². The van der Waals surface area contributed by atoms with Gasteiger partial charge in [-0.3, -0.25) is 0 Å². The molecule has 19 heavy (non-hydrogen) atoms. The zero-order valence-electron chi connectivity index (χ0n) is 10.8. The number of benzene rings is 1. The Bertz CT molecular complexity index is 513. The van der Waals surface area contributed by atoms with E-state index in [2.05, 4.69) is 4.72 Å². The van der Waals surface area contributed by atoms with E-state index in [0.717, 1.165) is 30.4 Å². The Labute approximate surface area is 119 Å². The topological polar surface area (TPSA) is 49.4 Å². The molecule has 0 aliphatic carbocycles. The summed E-state index contributed by atoms with van der Waals surface area (Å²) in [5.41, 5.74) is 1.93. The van der Waals surface area contributed by atoms with E-state index in [4.69, 9.17) is 11.6 Å². The molecule has 0 amide bonds. The highest BCUT2D eigenvalue weighted by Gasteiger charge is 2.23. The minimum Gasteiger partial charge on any atom is -0.198 e. The summed E-state index contributed by atoms with van der Waals surface area (Å²) >= 11 is 5.76. The van der Waals surface area contributed by atoms with E-state index < -0.39 is 10.2 Å². The van der Waals surface area contributed by atoms with Gasteiger partial charge in [0.15, 0.2) is 0 Å². The van der Waals surface area contributed by atoms with Gasteiger partial charge >= 0.3 is 0 Å². The highest BCUT2D eigenvalue weighted by molar-refractivity contribution is 7.87. The van der Waals surface area contributed by atoms with Gasteiger partial charge in [-0.1, -0.05) is 30.7 Å². The quantitative estimate of drug-likeness (QED) is 0.848. The molecule has 0 unspecified atom stereocenters. The van der Waals surface area contributed by atoms with Crippen molar-refractivity contribution in [2.24, 2.45) is 0 Å². The van der Waals surface area contributed by atoms with Crippen LogP contribution < -0.4 is 4.72 Å². The lowest BCUT2D eigenvalue weighted by Crippen LogP contribution is -2.43. The molecule has 106 valence electrons. The molecule has 0 aromatic heterocycles. The van der Waals surface area contributed by atoms with E-state index in [9.17, 15) is 8.42 Å². The average Bonchev–Trinajstić information content (AvgIpc) is 2.46. The third-order valence-electron chi connectivity index (χ3n) is 3.26. The molecule has 0 saturated carbocycles. The van der Waals surface area contributed by atoms with E-state index >= 15 is 0 Å². The van der Waals surface area contributed by atoms with Crippen molar-refractivity contribution in [3.05, 3.63) is 35.4 Å². The van der Waals surface area contributed by atoms with Crippen molar-refractivity contribution in [1.82, 2.24) is 9.03 Å². The zero-order valence-corrected chi connectivity index (χ0v) is 12.4. The fourth-order valence-corrected chi connectivity index (χ4v) is 3.63. The first-order chi connectivity index (χ1) is 9.12. The first kappa shape index (κ1) is 14.8. The van der Waals surface area contributed by atoms with Crippen molar-refractivity contribution in [3.8, 4) is 0 Å². The monoisotopic (exact) mass is 302 g/mol. The summed E-state index contributed by atoms with van der Waals surface area (Å²) in [5.74, 6) is 0.437. The number of rotatable bonds is 5. The third-order valence-corrected chi connectivity index (χ3v) is 5.12. The van der Waals surface area contributed by atoms with Gasteiger partial charge in [-0.25, -0.2) is 0 Å². The van der Waals surface area contributed by atoms with Gasteiger partial charge in [0.25, 0.3) is 10.2 Å². The van der Waals surface area contributed by atoms with Crippen LogP contribution in [-0.2, 0) is 22.6 Å². The van der Waals surface area contributed by atoms with Gasteiger partial charge in [0, 0.05) is 25.5 Å². The third kappa shape index (κ3) is 4.18. The molecule has 1 N–H and O–H groups in total. The van der Waals surface area contributed by atoms with Gasteiger partial charge in [0.2, 0.25) is 0 Å². The molecule has 1 aliphatic heterocycles. The van der Waals surface area contributed by atoms with Crippen molar-refractivity contribution >= 4 is 21.8 Å². The van der Waals surface area contributed by atoms with Gasteiger partial charge < -0.3 is 0 Å². The lowest BCUT2D eigenvalue weighted by molar-refractivity contribution is 0.341. The Morgan fingerprint density at radius 3 is 2.53 bits per heavy atom. The lowest BCUT2D eigenvalue weighted by Gasteiger charge is -2.25. The molecule has 0 spiro atoms. The van der Waals surface area contributed by atoms with Gasteiger partial charge in [-0.2, -0.15) is 17.4 Å². The second-order valence-corrected chi connectivity index (χ2v) is 6.76. The average molecular weight is 303 g/mol. The molecule has 0 bridgehead atoms. The smallest absolute Gasteiger partial charge is 0.198 e. The molecular formula is C13H19ClN2O2S. The first-order valence-corrected chi connectivity index (χ1v) is 8.48. The van der Waals surface area contributed by atoms with Crippen LogP contribution in [-0.4, -0.2) is 25.8 Å². The van der Waals surface area contributed by atoms with Gasteiger partial charge in [-0.05, 0) is 24.0 Å². The normalized spacial score (nSPS) is 17.5. The number of hydrogen-bond donors (Lipinski definition) is 1. The Balaban J connectivity index is 1.96. The predicted molar refractivity (Wildman–Crippen MR) is 77.2 cm³/mol. The predicted octanol–water partition coefficient (Wildman–Crippen LogP) is 2.25. The van der Waals surface area contributed by atoms with Crippen LogP contribution in [0.4, 0.5) is 0 Å². The lowest BCUT2D eigenvalue weighted by atomic mass is 10.1. The van der Waals surface area contributed by atoms with E-state index in [-0.39, 0.29) is 0 Å². The molecule has 2 rings (SSSR count). The van der Waals surface area contributed by atoms with Crippen molar-refractivity contribution in [3.63, 3.8) is 0 Å². The van der Waals surface area contributed by atoms with Crippen LogP contribution in [0.3, 0.4) is 0 Å². The van der Waals surface area contributed by atoms with Crippen LogP contribution in [0.5, 0.6) is 0 Å². The summed E-state index contributed by atoms with van der Waals surface area (Å²) in [6.45, 7) is 1.55. The molecule has 1 aromatic carbocycles. The maximum atomic E-state index is 12.1. The Morgan fingerprint density at radius 1 is 1.16 bits per heavy atom. The molecule has 0 radical (unpaired) electrons. The second kappa shape index (κ2) is 6.70. The zero-order chi connectivity index (χ0) is 13.7. The highest BCUT2D eigenvalue weighted by atomic mass is 35.5. The number of halogens is 1. The molecule has 1 heterocycles. The molecule has 4 nitrogen and oxygen atoms in total. The number of alkyl halides is 1. The molecule has 1 saturated heterocycles. The molecular weight excluding hydrogens is 284 g/mol. The van der Waals surface area contributed by atoms with Crippen LogP contribution in [0, 0.1) is 0 Å². The molecule has 1 fully saturated rings. The Hall–Kier alpha value is -0.620. The molecule has 1 aliphatic rings. The Kier molecular flexibility index (Phi) is 5.21. The fraction of sp³-hybridized carbons (Fsp3) is 0.538. The number of nitrogens with one attached hydrogen (secondary N) is 1. The maximum Gasteiger partial charge on any atom is 0.279 e. The summed E-state index contributed by atoms with van der Waals surface area (Å²) < 4.78 is 28.4. The van der Waals surface area contributed by atoms with Crippen LogP contribution in [0.25, 0.3) is 0 Å². The largest absolute Gasteiger partial charge is 0.279 e. The molecule has 1 aromatic rings. The second-order valence-electron chi connectivity index (χ2n) is 4.74. The van der Waals surface area contributed by atoms with E-state index in [0.29, 0.717) is 25.5 Å². The molecule has 6 heteroatoms. The van der Waals surface area contributed by atoms with Crippen molar-refractivity contribution in [2.75, 3.05) is 13.1 Å². The standard InChI is InChI=1S/C13H19ClN2O2S/c14-10-12-5-4-6-13(9-12)11-15-19(17,18)16-7-2-1-3-8-16/h4-6,9,15H,1-3,7-8,10-11H2. The molecule has 0 atom stereocenters. The SMILES string of the molecule is O=S(=O)(NCc1cccc(CCl)c1)N1CCCCC1. The minimum absolute atomic E-state index is 0.309. The van der Waals surface area contributed by atoms with Crippen LogP contribution in [0.1, 0.15) is 30.4 Å². The summed E-state index contributed by atoms with van der Waals surface area (Å²) in [4.78, 5) is 0. The number of hydrogen-bond acceptors (Lipinski definition) is 2. The number of piperidine rings is 1. The van der Waals surface area contributed by atoms with E-state index in [1.807, 2.05) is 24.3 Å². The van der Waals surface area contributed by atoms with Crippen molar-refractivity contribution in [2.45, 2.75) is 31.7 Å². The van der Waals surface area contributed by atoms with Crippen LogP contribution in [0.15, 0.2) is 24.3 Å². The summed E-state index contributed by atoms with van der Waals surface area (Å²) in [6.07, 6.45) is 3.01. The summed E-state index contributed by atoms with van der Waals surface area (Å²) in [6, 6.07) is 7.64. The first-order valence-electron chi connectivity index (χ1n) is 6.50. The Morgan fingerprint density at radius 2 is 1.84 bits per heavy atom. The summed E-state index contributed by atoms with van der Waals surface area (Å²) in [7, 11) is -3.35. The summed E-state index contributed by atoms with van der Waals surface area (Å²) in [5, 5.41) is 0. The van der Waals surface area contributed by atoms with Crippen LogP contribution in [0.2, 0.25) is 0 Å². The fourth-order valence-electron chi connectivity index (χ4n) is 2.19. The highest BCUT2D eigenvalue weighted by Crippen LogP contribution is 2.13.